The molecule has 1 unspecified atom stereocenters. The molecule has 0 spiro atoms. The molecule has 1 amide bonds. The Morgan fingerprint density at radius 2 is 1.64 bits per heavy atom. The fourth-order valence-electron chi connectivity index (χ4n) is 3.63. The smallest absolute Gasteiger partial charge is 0.258 e. The number of methoxy groups -OCH3 is 1. The van der Waals surface area contributed by atoms with Gasteiger partial charge in [0, 0.05) is 11.3 Å². The van der Waals surface area contributed by atoms with Crippen molar-refractivity contribution in [2.24, 2.45) is 0 Å². The number of ether oxygens (including phenoxy) is 1. The molecule has 0 fully saturated rings. The molecule has 1 atom stereocenters. The number of fused-ring (bicyclic) bond motifs is 1. The van der Waals surface area contributed by atoms with Crippen LogP contribution in [0.5, 0.6) is 5.75 Å². The van der Waals surface area contributed by atoms with Gasteiger partial charge in [0.2, 0.25) is 5.95 Å². The number of rotatable bonds is 5. The van der Waals surface area contributed by atoms with Gasteiger partial charge < -0.3 is 10.1 Å². The van der Waals surface area contributed by atoms with Crippen molar-refractivity contribution in [1.82, 2.24) is 14.8 Å². The molecule has 2 N–H and O–H groups in total. The molecule has 1 aliphatic heterocycles. The lowest BCUT2D eigenvalue weighted by atomic mass is 10.0. The molecule has 4 aromatic rings. The van der Waals surface area contributed by atoms with E-state index in [1.165, 1.54) is 0 Å². The van der Waals surface area contributed by atoms with Gasteiger partial charge in [0.15, 0.2) is 0 Å². The first-order chi connectivity index (χ1) is 15.7. The van der Waals surface area contributed by atoms with Crippen LogP contribution in [0.15, 0.2) is 91.0 Å². The third kappa shape index (κ3) is 4.58. The molecular weight excluding hydrogens is 438 g/mol. The number of hydrogen-bond acceptors (Lipinski definition) is 5. The highest BCUT2D eigenvalue weighted by Crippen LogP contribution is 2.33. The first-order valence-electron chi connectivity index (χ1n) is 10.2. The van der Waals surface area contributed by atoms with Gasteiger partial charge in [-0.15, -0.1) is 17.5 Å². The second-order valence-electron chi connectivity index (χ2n) is 7.31. The number of allylic oxidation sites excluding steroid dienone is 1. The summed E-state index contributed by atoms with van der Waals surface area (Å²) >= 11 is 0. The molecule has 0 bridgehead atoms. The van der Waals surface area contributed by atoms with Crippen molar-refractivity contribution in [3.05, 3.63) is 108 Å². The summed E-state index contributed by atoms with van der Waals surface area (Å²) in [4.78, 5) is 17.1. The Balaban J connectivity index is 0.00000259. The van der Waals surface area contributed by atoms with Crippen LogP contribution in [0, 0.1) is 0 Å². The Morgan fingerprint density at radius 1 is 0.970 bits per heavy atom. The van der Waals surface area contributed by atoms with Gasteiger partial charge in [-0.1, -0.05) is 60.7 Å². The summed E-state index contributed by atoms with van der Waals surface area (Å²) in [7, 11) is 1.64. The number of nitrogens with zero attached hydrogens (tertiary/aromatic N) is 3. The number of hydrogen-bond donors (Lipinski definition) is 2. The predicted octanol–water partition coefficient (Wildman–Crippen LogP) is 5.02. The third-order valence-corrected chi connectivity index (χ3v) is 5.27. The van der Waals surface area contributed by atoms with Crippen LogP contribution in [-0.4, -0.2) is 27.8 Å². The minimum Gasteiger partial charge on any atom is -0.497 e. The Hall–Kier alpha value is -4.10. The normalized spacial score (nSPS) is 14.2. The monoisotopic (exact) mass is 459 g/mol. The topological polar surface area (TPSA) is 81.1 Å². The standard InChI is InChI=1S/C25H21N5O2.ClH/c1-32-20-14-12-18(13-15-20)22-16-21(17-8-4-2-5-9-17)26-25-28-24(29-30(22)25)27-23(31)19-10-6-3-7-11-19;/h2-16,22H,1H3,(H2,26,27,28,29,31);1H. The van der Waals surface area contributed by atoms with E-state index in [-0.39, 0.29) is 30.3 Å². The van der Waals surface area contributed by atoms with Gasteiger partial charge in [-0.2, -0.15) is 4.98 Å². The number of anilines is 2. The molecule has 0 radical (unpaired) electrons. The van der Waals surface area contributed by atoms with Gasteiger partial charge >= 0.3 is 0 Å². The molecule has 8 heteroatoms. The summed E-state index contributed by atoms with van der Waals surface area (Å²) in [5.41, 5.74) is 3.53. The molecule has 0 saturated heterocycles. The van der Waals surface area contributed by atoms with Crippen LogP contribution in [0.4, 0.5) is 11.9 Å². The summed E-state index contributed by atoms with van der Waals surface area (Å²) in [6.07, 6.45) is 2.10. The minimum atomic E-state index is -0.259. The SMILES string of the molecule is COc1ccc(C2C=C(c3ccccc3)Nc3nc(NC(=O)c4ccccc4)nn32)cc1.Cl. The van der Waals surface area contributed by atoms with E-state index >= 15 is 0 Å². The van der Waals surface area contributed by atoms with Crippen molar-refractivity contribution >= 4 is 35.9 Å². The number of benzene rings is 3. The van der Waals surface area contributed by atoms with Crippen molar-refractivity contribution in [1.29, 1.82) is 0 Å². The zero-order valence-electron chi connectivity index (χ0n) is 17.8. The molecule has 1 aliphatic rings. The van der Waals surface area contributed by atoms with Crippen LogP contribution in [0.3, 0.4) is 0 Å². The van der Waals surface area contributed by atoms with E-state index in [1.54, 1.807) is 23.9 Å². The fraction of sp³-hybridized carbons (Fsp3) is 0.0800. The molecule has 1 aromatic heterocycles. The Labute approximate surface area is 197 Å². The Bertz CT molecular complexity index is 1270. The van der Waals surface area contributed by atoms with Gasteiger partial charge in [0.05, 0.1) is 7.11 Å². The highest BCUT2D eigenvalue weighted by atomic mass is 35.5. The average molecular weight is 460 g/mol. The van der Waals surface area contributed by atoms with Crippen molar-refractivity contribution in [2.75, 3.05) is 17.7 Å². The average Bonchev–Trinajstić information content (AvgIpc) is 3.27. The lowest BCUT2D eigenvalue weighted by Gasteiger charge is -2.24. The Kier molecular flexibility index (Phi) is 6.42. The largest absolute Gasteiger partial charge is 0.497 e. The van der Waals surface area contributed by atoms with Crippen LogP contribution >= 0.6 is 12.4 Å². The number of halogens is 1. The number of carbonyl (C=O) groups excluding carboxylic acids is 1. The van der Waals surface area contributed by atoms with E-state index < -0.39 is 0 Å². The molecule has 0 aliphatic carbocycles. The predicted molar refractivity (Wildman–Crippen MR) is 131 cm³/mol. The highest BCUT2D eigenvalue weighted by molar-refractivity contribution is 6.03. The van der Waals surface area contributed by atoms with Gasteiger partial charge in [0.1, 0.15) is 11.8 Å². The summed E-state index contributed by atoms with van der Waals surface area (Å²) in [6, 6.07) is 26.7. The minimum absolute atomic E-state index is 0. The number of aromatic nitrogens is 3. The Morgan fingerprint density at radius 3 is 2.30 bits per heavy atom. The zero-order chi connectivity index (χ0) is 21.9. The van der Waals surface area contributed by atoms with Crippen molar-refractivity contribution in [2.45, 2.75) is 6.04 Å². The van der Waals surface area contributed by atoms with E-state index in [1.807, 2.05) is 72.8 Å². The van der Waals surface area contributed by atoms with Gasteiger partial charge in [-0.3, -0.25) is 10.1 Å². The first kappa shape index (κ1) is 22.1. The lowest BCUT2D eigenvalue weighted by Crippen LogP contribution is -2.20. The third-order valence-electron chi connectivity index (χ3n) is 5.27. The summed E-state index contributed by atoms with van der Waals surface area (Å²) in [6.45, 7) is 0. The molecule has 7 nitrogen and oxygen atoms in total. The maximum Gasteiger partial charge on any atom is 0.258 e. The van der Waals surface area contributed by atoms with Crippen LogP contribution < -0.4 is 15.4 Å². The summed E-state index contributed by atoms with van der Waals surface area (Å²) in [5, 5.41) is 10.7. The zero-order valence-corrected chi connectivity index (χ0v) is 18.6. The maximum absolute atomic E-state index is 12.6. The molecule has 2 heterocycles. The van der Waals surface area contributed by atoms with Crippen molar-refractivity contribution in [3.63, 3.8) is 0 Å². The van der Waals surface area contributed by atoms with E-state index in [2.05, 4.69) is 26.8 Å². The van der Waals surface area contributed by atoms with Crippen molar-refractivity contribution < 1.29 is 9.53 Å². The van der Waals surface area contributed by atoms with E-state index in [9.17, 15) is 4.79 Å². The fourth-order valence-corrected chi connectivity index (χ4v) is 3.63. The number of carbonyl (C=O) groups is 1. The van der Waals surface area contributed by atoms with Gasteiger partial charge in [-0.05, 0) is 41.5 Å². The van der Waals surface area contributed by atoms with Crippen LogP contribution in [0.25, 0.3) is 5.70 Å². The second-order valence-corrected chi connectivity index (χ2v) is 7.31. The summed E-state index contributed by atoms with van der Waals surface area (Å²) in [5.74, 6) is 1.31. The van der Waals surface area contributed by atoms with E-state index in [0.29, 0.717) is 11.5 Å². The van der Waals surface area contributed by atoms with Crippen LogP contribution in [-0.2, 0) is 0 Å². The van der Waals surface area contributed by atoms with E-state index in [0.717, 1.165) is 22.6 Å². The van der Waals surface area contributed by atoms with Gasteiger partial charge in [-0.25, -0.2) is 4.68 Å². The molecule has 33 heavy (non-hydrogen) atoms. The first-order valence-corrected chi connectivity index (χ1v) is 10.2. The number of amides is 1. The quantitative estimate of drug-likeness (QED) is 0.438. The number of nitrogens with one attached hydrogen (secondary N) is 2. The second kappa shape index (κ2) is 9.58. The molecule has 3 aromatic carbocycles. The molecular formula is C25H22ClN5O2. The van der Waals surface area contributed by atoms with Gasteiger partial charge in [0.25, 0.3) is 11.9 Å². The summed E-state index contributed by atoms with van der Waals surface area (Å²) < 4.78 is 7.07. The molecule has 0 saturated carbocycles. The molecule has 5 rings (SSSR count). The van der Waals surface area contributed by atoms with Crippen LogP contribution in [0.1, 0.15) is 27.5 Å². The molecule has 166 valence electrons. The van der Waals surface area contributed by atoms with E-state index in [4.69, 9.17) is 4.74 Å². The lowest BCUT2D eigenvalue weighted by molar-refractivity contribution is 0.102. The van der Waals surface area contributed by atoms with Crippen molar-refractivity contribution in [3.8, 4) is 5.75 Å². The maximum atomic E-state index is 12.6. The van der Waals surface area contributed by atoms with Crippen LogP contribution in [0.2, 0.25) is 0 Å². The highest BCUT2D eigenvalue weighted by Gasteiger charge is 2.26.